The minimum atomic E-state index is -3.14. The summed E-state index contributed by atoms with van der Waals surface area (Å²) in [5, 5.41) is 0. The maximum absolute atomic E-state index is 11.1. The van der Waals surface area contributed by atoms with Crippen molar-refractivity contribution in [1.82, 2.24) is 9.62 Å². The molecule has 0 radical (unpaired) electrons. The van der Waals surface area contributed by atoms with Gasteiger partial charge in [0.2, 0.25) is 10.0 Å². The van der Waals surface area contributed by atoms with Gasteiger partial charge in [0.25, 0.3) is 0 Å². The predicted molar refractivity (Wildman–Crippen MR) is 67.8 cm³/mol. The maximum Gasteiger partial charge on any atom is 0.208 e. The molecule has 0 fully saturated rings. The van der Waals surface area contributed by atoms with Crippen molar-refractivity contribution in [1.29, 1.82) is 0 Å². The average Bonchev–Trinajstić information content (AvgIpc) is 2.13. The molecule has 0 aromatic rings. The Morgan fingerprint density at radius 2 is 1.88 bits per heavy atom. The van der Waals surface area contributed by atoms with E-state index in [2.05, 4.69) is 9.62 Å². The zero-order valence-corrected chi connectivity index (χ0v) is 11.7. The number of hydrogen-bond acceptors (Lipinski definition) is 4. The lowest BCUT2D eigenvalue weighted by Gasteiger charge is -2.31. The van der Waals surface area contributed by atoms with Crippen molar-refractivity contribution >= 4 is 10.0 Å². The van der Waals surface area contributed by atoms with Crippen molar-refractivity contribution in [2.75, 3.05) is 19.8 Å². The van der Waals surface area contributed by atoms with Gasteiger partial charge in [-0.05, 0) is 27.3 Å². The van der Waals surface area contributed by atoms with Crippen molar-refractivity contribution in [2.45, 2.75) is 45.3 Å². The Labute approximate surface area is 99.4 Å². The van der Waals surface area contributed by atoms with Crippen molar-refractivity contribution in [3.63, 3.8) is 0 Å². The molecule has 3 atom stereocenters. The third kappa shape index (κ3) is 6.42. The van der Waals surface area contributed by atoms with E-state index in [1.54, 1.807) is 0 Å². The Morgan fingerprint density at radius 3 is 2.25 bits per heavy atom. The molecule has 0 heterocycles. The molecule has 0 aromatic carbocycles. The Morgan fingerprint density at radius 1 is 1.38 bits per heavy atom. The van der Waals surface area contributed by atoms with Gasteiger partial charge in [0.1, 0.15) is 0 Å². The molecule has 5 nitrogen and oxygen atoms in total. The molecular weight excluding hydrogens is 226 g/mol. The summed E-state index contributed by atoms with van der Waals surface area (Å²) in [7, 11) is -1.18. The number of rotatable bonds is 7. The molecule has 0 bridgehead atoms. The Hall–Kier alpha value is -0.170. The molecule has 3 N–H and O–H groups in total. The zero-order chi connectivity index (χ0) is 12.9. The molecule has 3 unspecified atom stereocenters. The van der Waals surface area contributed by atoms with Crippen LogP contribution in [0, 0.1) is 0 Å². The van der Waals surface area contributed by atoms with Crippen LogP contribution in [0.3, 0.4) is 0 Å². The van der Waals surface area contributed by atoms with Gasteiger partial charge in [-0.1, -0.05) is 6.92 Å². The Bertz CT molecular complexity index is 292. The SMILES string of the molecule is CCC(N)CN(C)C(C)C(C)NS(C)(=O)=O. The lowest BCUT2D eigenvalue weighted by Crippen LogP contribution is -2.49. The van der Waals surface area contributed by atoms with Gasteiger partial charge in [0.05, 0.1) is 6.26 Å². The normalized spacial score (nSPS) is 18.4. The molecule has 0 rings (SSSR count). The molecule has 0 aliphatic heterocycles. The van der Waals surface area contributed by atoms with E-state index in [-0.39, 0.29) is 18.1 Å². The number of hydrogen-bond donors (Lipinski definition) is 2. The van der Waals surface area contributed by atoms with Crippen LogP contribution in [0.25, 0.3) is 0 Å². The minimum Gasteiger partial charge on any atom is -0.327 e. The average molecular weight is 251 g/mol. The van der Waals surface area contributed by atoms with E-state index >= 15 is 0 Å². The first-order chi connectivity index (χ1) is 7.17. The van der Waals surface area contributed by atoms with E-state index in [4.69, 9.17) is 5.73 Å². The summed E-state index contributed by atoms with van der Waals surface area (Å²) in [6.45, 7) is 6.67. The predicted octanol–water partition coefficient (Wildman–Crippen LogP) is -0.0183. The Kier molecular flexibility index (Phi) is 6.47. The second kappa shape index (κ2) is 6.54. The van der Waals surface area contributed by atoms with Crippen LogP contribution in [0.5, 0.6) is 0 Å². The van der Waals surface area contributed by atoms with Gasteiger partial charge in [-0.15, -0.1) is 0 Å². The molecule has 0 spiro atoms. The third-order valence-electron chi connectivity index (χ3n) is 2.87. The van der Waals surface area contributed by atoms with Crippen LogP contribution in [-0.2, 0) is 10.0 Å². The Balaban J connectivity index is 4.26. The first kappa shape index (κ1) is 15.8. The number of sulfonamides is 1. The van der Waals surface area contributed by atoms with E-state index in [1.807, 2.05) is 27.8 Å². The monoisotopic (exact) mass is 251 g/mol. The quantitative estimate of drug-likeness (QED) is 0.667. The zero-order valence-electron chi connectivity index (χ0n) is 10.9. The second-order valence-corrected chi connectivity index (χ2v) is 6.31. The van der Waals surface area contributed by atoms with Crippen LogP contribution in [0.15, 0.2) is 0 Å². The largest absolute Gasteiger partial charge is 0.327 e. The van der Waals surface area contributed by atoms with Crippen LogP contribution in [0.1, 0.15) is 27.2 Å². The van der Waals surface area contributed by atoms with Gasteiger partial charge in [-0.2, -0.15) is 0 Å². The summed E-state index contributed by atoms with van der Waals surface area (Å²) in [5.41, 5.74) is 5.86. The standard InChI is InChI=1S/C10H25N3O2S/c1-6-10(11)7-13(4)9(3)8(2)12-16(5,14)15/h8-10,12H,6-7,11H2,1-5H3. The van der Waals surface area contributed by atoms with E-state index in [1.165, 1.54) is 6.26 Å². The third-order valence-corrected chi connectivity index (χ3v) is 3.67. The van der Waals surface area contributed by atoms with Crippen molar-refractivity contribution in [3.05, 3.63) is 0 Å². The van der Waals surface area contributed by atoms with Crippen LogP contribution >= 0.6 is 0 Å². The number of nitrogens with one attached hydrogen (secondary N) is 1. The van der Waals surface area contributed by atoms with Crippen LogP contribution in [-0.4, -0.2) is 51.3 Å². The van der Waals surface area contributed by atoms with Crippen molar-refractivity contribution in [3.8, 4) is 0 Å². The summed E-state index contributed by atoms with van der Waals surface area (Å²) in [5.74, 6) is 0. The van der Waals surface area contributed by atoms with Gasteiger partial charge in [-0.3, -0.25) is 0 Å². The lowest BCUT2D eigenvalue weighted by atomic mass is 10.1. The molecule has 0 aliphatic carbocycles. The first-order valence-corrected chi connectivity index (χ1v) is 7.49. The summed E-state index contributed by atoms with van der Waals surface area (Å²) >= 11 is 0. The minimum absolute atomic E-state index is 0.118. The number of nitrogens with two attached hydrogens (primary N) is 1. The fourth-order valence-corrected chi connectivity index (χ4v) is 2.36. The molecule has 6 heteroatoms. The fourth-order valence-electron chi connectivity index (χ4n) is 1.48. The van der Waals surface area contributed by atoms with Gasteiger partial charge >= 0.3 is 0 Å². The molecule has 0 aromatic heterocycles. The molecule has 16 heavy (non-hydrogen) atoms. The van der Waals surface area contributed by atoms with Crippen molar-refractivity contribution < 1.29 is 8.42 Å². The number of nitrogens with zero attached hydrogens (tertiary/aromatic N) is 1. The maximum atomic E-state index is 11.1. The molecular formula is C10H25N3O2S. The molecule has 0 aliphatic rings. The highest BCUT2D eigenvalue weighted by molar-refractivity contribution is 7.88. The topological polar surface area (TPSA) is 75.4 Å². The van der Waals surface area contributed by atoms with E-state index < -0.39 is 10.0 Å². The molecule has 0 amide bonds. The second-order valence-electron chi connectivity index (χ2n) is 4.53. The summed E-state index contributed by atoms with van der Waals surface area (Å²) in [6.07, 6.45) is 2.10. The van der Waals surface area contributed by atoms with Crippen molar-refractivity contribution in [2.24, 2.45) is 5.73 Å². The molecule has 0 saturated carbocycles. The highest BCUT2D eigenvalue weighted by Gasteiger charge is 2.20. The number of likely N-dealkylation sites (N-methyl/N-ethyl adjacent to an activating group) is 1. The molecule has 98 valence electrons. The van der Waals surface area contributed by atoms with E-state index in [9.17, 15) is 8.42 Å². The fraction of sp³-hybridized carbons (Fsp3) is 1.00. The van der Waals surface area contributed by atoms with Crippen LogP contribution in [0.2, 0.25) is 0 Å². The van der Waals surface area contributed by atoms with Crippen LogP contribution < -0.4 is 10.5 Å². The van der Waals surface area contributed by atoms with Gasteiger partial charge < -0.3 is 10.6 Å². The van der Waals surface area contributed by atoms with E-state index in [0.717, 1.165) is 13.0 Å². The van der Waals surface area contributed by atoms with E-state index in [0.29, 0.717) is 0 Å². The summed E-state index contributed by atoms with van der Waals surface area (Å²) in [6, 6.07) is 0.134. The highest BCUT2D eigenvalue weighted by Crippen LogP contribution is 2.04. The van der Waals surface area contributed by atoms with Crippen LogP contribution in [0.4, 0.5) is 0 Å². The van der Waals surface area contributed by atoms with Gasteiger partial charge in [0.15, 0.2) is 0 Å². The summed E-state index contributed by atoms with van der Waals surface area (Å²) < 4.78 is 24.8. The summed E-state index contributed by atoms with van der Waals surface area (Å²) in [4.78, 5) is 2.08. The lowest BCUT2D eigenvalue weighted by molar-refractivity contribution is 0.212. The first-order valence-electron chi connectivity index (χ1n) is 5.60. The molecule has 0 saturated heterocycles. The van der Waals surface area contributed by atoms with Gasteiger partial charge in [0, 0.05) is 24.7 Å². The highest BCUT2D eigenvalue weighted by atomic mass is 32.2. The smallest absolute Gasteiger partial charge is 0.208 e. The van der Waals surface area contributed by atoms with Gasteiger partial charge in [-0.25, -0.2) is 13.1 Å².